The van der Waals surface area contributed by atoms with Crippen molar-refractivity contribution in [3.63, 3.8) is 0 Å². The van der Waals surface area contributed by atoms with Gasteiger partial charge in [-0.2, -0.15) is 0 Å². The number of carbonyl (C=O) groups is 1. The zero-order valence-electron chi connectivity index (χ0n) is 9.83. The van der Waals surface area contributed by atoms with Crippen molar-refractivity contribution in [3.8, 4) is 0 Å². The lowest BCUT2D eigenvalue weighted by atomic mass is 10.1. The first-order chi connectivity index (χ1) is 7.49. The van der Waals surface area contributed by atoms with Crippen molar-refractivity contribution in [2.45, 2.75) is 38.1 Å². The second kappa shape index (κ2) is 5.99. The Bertz CT molecular complexity index is 349. The highest BCUT2D eigenvalue weighted by molar-refractivity contribution is 9.09. The third-order valence-electron chi connectivity index (χ3n) is 2.23. The van der Waals surface area contributed by atoms with Crippen LogP contribution in [0.1, 0.15) is 36.3 Å². The van der Waals surface area contributed by atoms with Crippen molar-refractivity contribution in [1.82, 2.24) is 10.3 Å². The Morgan fingerprint density at radius 1 is 1.50 bits per heavy atom. The number of halogens is 1. The summed E-state index contributed by atoms with van der Waals surface area (Å²) < 4.78 is 0. The smallest absolute Gasteiger partial charge is 0.253 e. The lowest BCUT2D eigenvalue weighted by Crippen LogP contribution is -2.33. The Hall–Kier alpha value is -0.900. The fourth-order valence-corrected chi connectivity index (χ4v) is 2.02. The lowest BCUT2D eigenvalue weighted by Gasteiger charge is -2.15. The van der Waals surface area contributed by atoms with Crippen LogP contribution in [0.15, 0.2) is 18.3 Å². The molecule has 4 heteroatoms. The lowest BCUT2D eigenvalue weighted by molar-refractivity contribution is 0.0938. The number of aromatic nitrogens is 1. The molecule has 0 bridgehead atoms. The van der Waals surface area contributed by atoms with Crippen molar-refractivity contribution in [2.75, 3.05) is 0 Å². The summed E-state index contributed by atoms with van der Waals surface area (Å²) in [5.41, 5.74) is 1.53. The number of rotatable bonds is 4. The van der Waals surface area contributed by atoms with Crippen molar-refractivity contribution >= 4 is 21.8 Å². The zero-order chi connectivity index (χ0) is 12.1. The Morgan fingerprint density at radius 3 is 2.69 bits per heavy atom. The van der Waals surface area contributed by atoms with E-state index in [4.69, 9.17) is 0 Å². The molecule has 0 radical (unpaired) electrons. The standard InChI is InChI=1S/C12H17BrN2O/c1-8(13)6-10(3)15-12(16)11-5-4-9(2)14-7-11/h4-5,7-8,10H,6H2,1-3H3,(H,15,16). The van der Waals surface area contributed by atoms with Crippen LogP contribution in [0.5, 0.6) is 0 Å². The van der Waals surface area contributed by atoms with Crippen molar-refractivity contribution in [3.05, 3.63) is 29.6 Å². The summed E-state index contributed by atoms with van der Waals surface area (Å²) in [5.74, 6) is -0.0619. The minimum Gasteiger partial charge on any atom is -0.349 e. The van der Waals surface area contributed by atoms with Crippen LogP contribution in [0, 0.1) is 6.92 Å². The first-order valence-electron chi connectivity index (χ1n) is 5.36. The number of nitrogens with zero attached hydrogens (tertiary/aromatic N) is 1. The predicted octanol–water partition coefficient (Wildman–Crippen LogP) is 2.68. The van der Waals surface area contributed by atoms with Gasteiger partial charge in [0.25, 0.3) is 5.91 Å². The molecule has 0 aliphatic heterocycles. The highest BCUT2D eigenvalue weighted by atomic mass is 79.9. The summed E-state index contributed by atoms with van der Waals surface area (Å²) in [6.07, 6.45) is 2.51. The molecule has 1 N–H and O–H groups in total. The Kier molecular flexibility index (Phi) is 4.93. The molecule has 1 amide bonds. The summed E-state index contributed by atoms with van der Waals surface area (Å²) in [4.78, 5) is 16.3. The van der Waals surface area contributed by atoms with Gasteiger partial charge in [-0.3, -0.25) is 9.78 Å². The van der Waals surface area contributed by atoms with Crippen LogP contribution >= 0.6 is 15.9 Å². The molecule has 0 saturated heterocycles. The highest BCUT2D eigenvalue weighted by Gasteiger charge is 2.11. The van der Waals surface area contributed by atoms with Crippen LogP contribution in [-0.2, 0) is 0 Å². The average Bonchev–Trinajstić information content (AvgIpc) is 2.16. The van der Waals surface area contributed by atoms with E-state index in [1.807, 2.05) is 19.9 Å². The Morgan fingerprint density at radius 2 is 2.19 bits per heavy atom. The molecule has 1 aromatic heterocycles. The van der Waals surface area contributed by atoms with Gasteiger partial charge in [0.2, 0.25) is 0 Å². The van der Waals surface area contributed by atoms with Crippen LogP contribution in [0.25, 0.3) is 0 Å². The van der Waals surface area contributed by atoms with Crippen molar-refractivity contribution in [1.29, 1.82) is 0 Å². The Labute approximate surface area is 105 Å². The molecule has 0 aliphatic carbocycles. The molecule has 0 saturated carbocycles. The molecule has 0 fully saturated rings. The fourth-order valence-electron chi connectivity index (χ4n) is 1.46. The van der Waals surface area contributed by atoms with Crippen LogP contribution in [0.2, 0.25) is 0 Å². The van der Waals surface area contributed by atoms with E-state index >= 15 is 0 Å². The summed E-state index contributed by atoms with van der Waals surface area (Å²) in [6.45, 7) is 5.96. The molecule has 0 aliphatic rings. The SMILES string of the molecule is Cc1ccc(C(=O)NC(C)CC(C)Br)cn1. The third kappa shape index (κ3) is 4.31. The van der Waals surface area contributed by atoms with Crippen LogP contribution in [0.4, 0.5) is 0 Å². The maximum atomic E-state index is 11.8. The third-order valence-corrected chi connectivity index (χ3v) is 2.60. The number of hydrogen-bond donors (Lipinski definition) is 1. The van der Waals surface area contributed by atoms with E-state index in [9.17, 15) is 4.79 Å². The minimum absolute atomic E-state index is 0.0619. The van der Waals surface area contributed by atoms with Crippen molar-refractivity contribution < 1.29 is 4.79 Å². The van der Waals surface area contributed by atoms with Gasteiger partial charge in [0.15, 0.2) is 0 Å². The molecular formula is C12H17BrN2O. The van der Waals surface area contributed by atoms with Gasteiger partial charge in [-0.25, -0.2) is 0 Å². The van der Waals surface area contributed by atoms with E-state index in [2.05, 4.69) is 33.2 Å². The summed E-state index contributed by atoms with van der Waals surface area (Å²) in [6, 6.07) is 3.79. The van der Waals surface area contributed by atoms with Gasteiger partial charge in [-0.15, -0.1) is 0 Å². The molecule has 2 unspecified atom stereocenters. The maximum absolute atomic E-state index is 11.8. The van der Waals surface area contributed by atoms with Crippen LogP contribution < -0.4 is 5.32 Å². The number of carbonyl (C=O) groups excluding carboxylic acids is 1. The van der Waals surface area contributed by atoms with Gasteiger partial charge in [0.05, 0.1) is 5.56 Å². The minimum atomic E-state index is -0.0619. The number of hydrogen-bond acceptors (Lipinski definition) is 2. The Balaban J connectivity index is 2.55. The van der Waals surface area contributed by atoms with E-state index in [0.29, 0.717) is 10.4 Å². The molecule has 16 heavy (non-hydrogen) atoms. The first-order valence-corrected chi connectivity index (χ1v) is 6.28. The van der Waals surface area contributed by atoms with Gasteiger partial charge in [0.1, 0.15) is 0 Å². The molecular weight excluding hydrogens is 268 g/mol. The van der Waals surface area contributed by atoms with Gasteiger partial charge in [0, 0.05) is 22.8 Å². The molecule has 88 valence electrons. The quantitative estimate of drug-likeness (QED) is 0.864. The summed E-state index contributed by atoms with van der Waals surface area (Å²) >= 11 is 3.47. The normalized spacial score (nSPS) is 14.2. The summed E-state index contributed by atoms with van der Waals surface area (Å²) in [5, 5.41) is 2.94. The predicted molar refractivity (Wildman–Crippen MR) is 68.9 cm³/mol. The van der Waals surface area contributed by atoms with Crippen LogP contribution in [0.3, 0.4) is 0 Å². The van der Waals surface area contributed by atoms with E-state index in [-0.39, 0.29) is 11.9 Å². The number of alkyl halides is 1. The zero-order valence-corrected chi connectivity index (χ0v) is 11.4. The van der Waals surface area contributed by atoms with Gasteiger partial charge < -0.3 is 5.32 Å². The maximum Gasteiger partial charge on any atom is 0.253 e. The largest absolute Gasteiger partial charge is 0.349 e. The molecule has 0 aromatic carbocycles. The first kappa shape index (κ1) is 13.2. The highest BCUT2D eigenvalue weighted by Crippen LogP contribution is 2.07. The molecule has 1 aromatic rings. The number of aryl methyl sites for hydroxylation is 1. The van der Waals surface area contributed by atoms with Crippen molar-refractivity contribution in [2.24, 2.45) is 0 Å². The van der Waals surface area contributed by atoms with Gasteiger partial charge >= 0.3 is 0 Å². The second-order valence-electron chi connectivity index (χ2n) is 4.08. The molecule has 1 heterocycles. The molecule has 3 nitrogen and oxygen atoms in total. The van der Waals surface area contributed by atoms with E-state index in [0.717, 1.165) is 12.1 Å². The van der Waals surface area contributed by atoms with E-state index < -0.39 is 0 Å². The number of pyridine rings is 1. The summed E-state index contributed by atoms with van der Waals surface area (Å²) in [7, 11) is 0. The molecule has 1 rings (SSSR count). The topological polar surface area (TPSA) is 42.0 Å². The number of nitrogens with one attached hydrogen (secondary N) is 1. The molecule has 0 spiro atoms. The van der Waals surface area contributed by atoms with E-state index in [1.165, 1.54) is 0 Å². The van der Waals surface area contributed by atoms with Crippen LogP contribution in [-0.4, -0.2) is 21.8 Å². The second-order valence-corrected chi connectivity index (χ2v) is 5.64. The fraction of sp³-hybridized carbons (Fsp3) is 0.500. The number of amides is 1. The van der Waals surface area contributed by atoms with Gasteiger partial charge in [-0.05, 0) is 32.4 Å². The molecule has 2 atom stereocenters. The average molecular weight is 285 g/mol. The van der Waals surface area contributed by atoms with E-state index in [1.54, 1.807) is 12.3 Å². The monoisotopic (exact) mass is 284 g/mol. The van der Waals surface area contributed by atoms with Gasteiger partial charge in [-0.1, -0.05) is 22.9 Å².